The van der Waals surface area contributed by atoms with Gasteiger partial charge in [0.2, 0.25) is 5.28 Å². The van der Waals surface area contributed by atoms with Crippen molar-refractivity contribution in [1.29, 1.82) is 0 Å². The molecule has 37 heavy (non-hydrogen) atoms. The lowest BCUT2D eigenvalue weighted by Gasteiger charge is -2.42. The number of carbonyl (C=O) groups is 2. The Bertz CT molecular complexity index is 1140. The maximum atomic E-state index is 12.8. The summed E-state index contributed by atoms with van der Waals surface area (Å²) in [5.74, 6) is 0.753. The Balaban J connectivity index is 1.48. The van der Waals surface area contributed by atoms with Crippen molar-refractivity contribution < 1.29 is 19.1 Å². The van der Waals surface area contributed by atoms with Crippen LogP contribution in [0.4, 0.5) is 15.4 Å². The lowest BCUT2D eigenvalue weighted by atomic mass is 10.0. The van der Waals surface area contributed by atoms with Crippen molar-refractivity contribution >= 4 is 29.6 Å². The average molecular weight is 528 g/mol. The highest BCUT2D eigenvalue weighted by Gasteiger charge is 2.35. The number of amides is 2. The lowest BCUT2D eigenvalue weighted by Crippen LogP contribution is -2.55. The van der Waals surface area contributed by atoms with E-state index in [2.05, 4.69) is 21.4 Å². The number of rotatable bonds is 5. The molecule has 1 fully saturated rings. The third-order valence-corrected chi connectivity index (χ3v) is 6.49. The van der Waals surface area contributed by atoms with Crippen LogP contribution in [0.2, 0.25) is 5.28 Å². The molecule has 4 rings (SSSR count). The normalized spacial score (nSPS) is 17.7. The van der Waals surface area contributed by atoms with Gasteiger partial charge in [-0.1, -0.05) is 36.4 Å². The molecule has 2 aliphatic heterocycles. The molecule has 1 aromatic carbocycles. The molecule has 1 atom stereocenters. The monoisotopic (exact) mass is 527 g/mol. The summed E-state index contributed by atoms with van der Waals surface area (Å²) < 4.78 is 11.1. The van der Waals surface area contributed by atoms with Gasteiger partial charge in [0.15, 0.2) is 0 Å². The largest absolute Gasteiger partial charge is 0.445 e. The predicted octanol–water partition coefficient (Wildman–Crippen LogP) is 4.83. The molecule has 0 aliphatic carbocycles. The zero-order chi connectivity index (χ0) is 26.6. The number of benzene rings is 1. The first-order chi connectivity index (χ1) is 17.6. The number of fused-ring (bicyclic) bond motifs is 1. The molecule has 0 spiro atoms. The molecule has 9 nitrogen and oxygen atoms in total. The van der Waals surface area contributed by atoms with Gasteiger partial charge in [-0.2, -0.15) is 0 Å². The van der Waals surface area contributed by atoms with Gasteiger partial charge in [-0.05, 0) is 50.8 Å². The zero-order valence-corrected chi connectivity index (χ0v) is 22.4. The number of carbonyl (C=O) groups excluding carboxylic acids is 2. The van der Waals surface area contributed by atoms with Crippen LogP contribution in [-0.4, -0.2) is 69.8 Å². The summed E-state index contributed by atoms with van der Waals surface area (Å²) in [6.07, 6.45) is 2.37. The number of ether oxygens (including phenoxy) is 2. The first-order valence-electron chi connectivity index (χ1n) is 12.5. The minimum atomic E-state index is -0.578. The van der Waals surface area contributed by atoms with Crippen molar-refractivity contribution in [2.75, 3.05) is 31.1 Å². The Hall–Kier alpha value is -3.33. The van der Waals surface area contributed by atoms with E-state index in [1.807, 2.05) is 57.2 Å². The van der Waals surface area contributed by atoms with Crippen LogP contribution in [0.25, 0.3) is 0 Å². The molecule has 2 amide bonds. The summed E-state index contributed by atoms with van der Waals surface area (Å²) in [6.45, 7) is 12.0. The SMILES string of the molecule is C=CCC1CN(C(=O)OCc2ccccc2)CCN1c1nc(Cl)nc2c1CCN(C(=O)OC(C)(C)C)C2. The molecule has 3 heterocycles. The molecule has 2 aliphatic rings. The summed E-state index contributed by atoms with van der Waals surface area (Å²) in [6, 6.07) is 9.58. The van der Waals surface area contributed by atoms with Gasteiger partial charge in [0.05, 0.1) is 18.3 Å². The molecule has 1 saturated heterocycles. The van der Waals surface area contributed by atoms with E-state index in [0.717, 1.165) is 16.9 Å². The summed E-state index contributed by atoms with van der Waals surface area (Å²) >= 11 is 6.35. The van der Waals surface area contributed by atoms with Crippen molar-refractivity contribution in [3.05, 3.63) is 65.1 Å². The minimum Gasteiger partial charge on any atom is -0.445 e. The molecule has 10 heteroatoms. The number of hydrogen-bond donors (Lipinski definition) is 0. The minimum absolute atomic E-state index is 0.0468. The van der Waals surface area contributed by atoms with E-state index in [1.165, 1.54) is 0 Å². The van der Waals surface area contributed by atoms with Gasteiger partial charge in [-0.3, -0.25) is 0 Å². The third kappa shape index (κ3) is 6.71. The second-order valence-corrected chi connectivity index (χ2v) is 10.6. The van der Waals surface area contributed by atoms with E-state index in [-0.39, 0.29) is 30.1 Å². The Morgan fingerprint density at radius 1 is 1.11 bits per heavy atom. The van der Waals surface area contributed by atoms with Gasteiger partial charge in [0, 0.05) is 31.7 Å². The molecule has 198 valence electrons. The van der Waals surface area contributed by atoms with Crippen LogP contribution in [-0.2, 0) is 29.0 Å². The van der Waals surface area contributed by atoms with E-state index >= 15 is 0 Å². The van der Waals surface area contributed by atoms with E-state index in [1.54, 1.807) is 9.80 Å². The smallest absolute Gasteiger partial charge is 0.410 e. The molecule has 2 aromatic rings. The number of piperazine rings is 1. The van der Waals surface area contributed by atoms with E-state index < -0.39 is 5.60 Å². The van der Waals surface area contributed by atoms with Crippen LogP contribution in [0.3, 0.4) is 0 Å². The number of hydrogen-bond acceptors (Lipinski definition) is 7. The first-order valence-corrected chi connectivity index (χ1v) is 12.9. The fourth-order valence-corrected chi connectivity index (χ4v) is 4.79. The fraction of sp³-hybridized carbons (Fsp3) is 0.481. The van der Waals surface area contributed by atoms with Crippen molar-refractivity contribution in [2.24, 2.45) is 0 Å². The number of nitrogens with zero attached hydrogens (tertiary/aromatic N) is 5. The number of aromatic nitrogens is 2. The standard InChI is InChI=1S/C27H34ClN5O4/c1-5-9-20-16-32(25(34)36-18-19-10-7-6-8-11-19)14-15-33(20)23-21-12-13-31(26(35)37-27(2,3)4)17-22(21)29-24(28)30-23/h5-8,10-11,20H,1,9,12-18H2,2-4H3. The van der Waals surface area contributed by atoms with E-state index in [9.17, 15) is 9.59 Å². The topological polar surface area (TPSA) is 88.1 Å². The number of halogens is 1. The van der Waals surface area contributed by atoms with Crippen molar-refractivity contribution in [1.82, 2.24) is 19.8 Å². The van der Waals surface area contributed by atoms with E-state index in [4.69, 9.17) is 21.1 Å². The molecule has 1 unspecified atom stereocenters. The third-order valence-electron chi connectivity index (χ3n) is 6.32. The molecular formula is C27H34ClN5O4. The highest BCUT2D eigenvalue weighted by molar-refractivity contribution is 6.28. The lowest BCUT2D eigenvalue weighted by molar-refractivity contribution is 0.0220. The molecule has 0 saturated carbocycles. The Labute approximate surface area is 223 Å². The van der Waals surface area contributed by atoms with Crippen LogP contribution in [0.15, 0.2) is 43.0 Å². The van der Waals surface area contributed by atoms with Crippen LogP contribution in [0, 0.1) is 0 Å². The summed E-state index contributed by atoms with van der Waals surface area (Å²) in [5, 5.41) is 0.127. The second-order valence-electron chi connectivity index (χ2n) is 10.3. The highest BCUT2D eigenvalue weighted by atomic mass is 35.5. The predicted molar refractivity (Wildman–Crippen MR) is 142 cm³/mol. The first kappa shape index (κ1) is 26.7. The van der Waals surface area contributed by atoms with E-state index in [0.29, 0.717) is 51.3 Å². The number of anilines is 1. The highest BCUT2D eigenvalue weighted by Crippen LogP contribution is 2.31. The Morgan fingerprint density at radius 3 is 2.57 bits per heavy atom. The average Bonchev–Trinajstić information content (AvgIpc) is 2.86. The van der Waals surface area contributed by atoms with Gasteiger partial charge in [0.25, 0.3) is 0 Å². The summed E-state index contributed by atoms with van der Waals surface area (Å²) in [7, 11) is 0. The van der Waals surface area contributed by atoms with Gasteiger partial charge in [-0.15, -0.1) is 6.58 Å². The van der Waals surface area contributed by atoms with Crippen LogP contribution in [0.5, 0.6) is 0 Å². The van der Waals surface area contributed by atoms with Crippen molar-refractivity contribution in [2.45, 2.75) is 58.4 Å². The van der Waals surface area contributed by atoms with Gasteiger partial charge in [0.1, 0.15) is 18.0 Å². The maximum Gasteiger partial charge on any atom is 0.410 e. The molecule has 0 radical (unpaired) electrons. The zero-order valence-electron chi connectivity index (χ0n) is 21.7. The van der Waals surface area contributed by atoms with Gasteiger partial charge < -0.3 is 24.2 Å². The molecular weight excluding hydrogens is 494 g/mol. The van der Waals surface area contributed by atoms with Gasteiger partial charge >= 0.3 is 12.2 Å². The van der Waals surface area contributed by atoms with Crippen molar-refractivity contribution in [3.8, 4) is 0 Å². The van der Waals surface area contributed by atoms with Crippen LogP contribution < -0.4 is 4.90 Å². The Kier molecular flexibility index (Phi) is 8.22. The van der Waals surface area contributed by atoms with Crippen LogP contribution >= 0.6 is 11.6 Å². The fourth-order valence-electron chi connectivity index (χ4n) is 4.61. The molecule has 0 N–H and O–H groups in total. The maximum absolute atomic E-state index is 12.8. The van der Waals surface area contributed by atoms with Crippen molar-refractivity contribution in [3.63, 3.8) is 0 Å². The quantitative estimate of drug-likeness (QED) is 0.406. The summed E-state index contributed by atoms with van der Waals surface area (Å²) in [4.78, 5) is 40.0. The molecule has 1 aromatic heterocycles. The second kappa shape index (κ2) is 11.4. The Morgan fingerprint density at radius 2 is 1.86 bits per heavy atom. The van der Waals surface area contributed by atoms with Crippen LogP contribution in [0.1, 0.15) is 44.0 Å². The van der Waals surface area contributed by atoms with Gasteiger partial charge in [-0.25, -0.2) is 19.6 Å². The summed E-state index contributed by atoms with van der Waals surface area (Å²) in [5.41, 5.74) is 2.05. The molecule has 0 bridgehead atoms.